The number of amides is 1. The van der Waals surface area contributed by atoms with Gasteiger partial charge in [-0.05, 0) is 36.5 Å². The predicted molar refractivity (Wildman–Crippen MR) is 113 cm³/mol. The standard InChI is InChI=1S/C23H26F3N3O/c1-16(2)21(28-14-8-11-17-9-4-3-5-10-17)18(15-27)22(30)29-20-13-7-6-12-19(20)23(24,25)26/h3-7,9-10,12-13,15-16,27-28H,8,11,14H2,1-2H3,(H,29,30)/b21-18+,27-15?. The Morgan fingerprint density at radius 2 is 1.70 bits per heavy atom. The van der Waals surface area contributed by atoms with Crippen molar-refractivity contribution in [3.05, 3.63) is 77.0 Å². The first-order valence-corrected chi connectivity index (χ1v) is 9.74. The van der Waals surface area contributed by atoms with Gasteiger partial charge in [-0.1, -0.05) is 56.3 Å². The van der Waals surface area contributed by atoms with Crippen LogP contribution in [0.25, 0.3) is 0 Å². The summed E-state index contributed by atoms with van der Waals surface area (Å²) >= 11 is 0. The third kappa shape index (κ3) is 6.47. The predicted octanol–water partition coefficient (Wildman–Crippen LogP) is 5.43. The minimum Gasteiger partial charge on any atom is -0.387 e. The van der Waals surface area contributed by atoms with Crippen LogP contribution in [-0.4, -0.2) is 18.7 Å². The van der Waals surface area contributed by atoms with Crippen LogP contribution in [-0.2, 0) is 17.4 Å². The van der Waals surface area contributed by atoms with Gasteiger partial charge in [0.15, 0.2) is 0 Å². The molecule has 0 aliphatic rings. The van der Waals surface area contributed by atoms with Gasteiger partial charge < -0.3 is 16.0 Å². The molecule has 0 fully saturated rings. The molecule has 30 heavy (non-hydrogen) atoms. The van der Waals surface area contributed by atoms with E-state index in [0.717, 1.165) is 25.1 Å². The van der Waals surface area contributed by atoms with Crippen LogP contribution >= 0.6 is 0 Å². The fourth-order valence-corrected chi connectivity index (χ4v) is 3.07. The Balaban J connectivity index is 2.14. The van der Waals surface area contributed by atoms with Crippen molar-refractivity contribution in [3.8, 4) is 0 Å². The number of alkyl halides is 3. The van der Waals surface area contributed by atoms with Gasteiger partial charge in [0, 0.05) is 18.5 Å². The van der Waals surface area contributed by atoms with Crippen LogP contribution in [0.1, 0.15) is 31.4 Å². The molecule has 0 heterocycles. The molecular formula is C23H26F3N3O. The van der Waals surface area contributed by atoms with E-state index in [1.54, 1.807) is 0 Å². The van der Waals surface area contributed by atoms with Gasteiger partial charge in [0.2, 0.25) is 0 Å². The molecule has 0 aromatic heterocycles. The molecule has 0 bridgehead atoms. The molecule has 0 saturated heterocycles. The summed E-state index contributed by atoms with van der Waals surface area (Å²) < 4.78 is 39.6. The lowest BCUT2D eigenvalue weighted by molar-refractivity contribution is -0.137. The molecule has 1 amide bonds. The summed E-state index contributed by atoms with van der Waals surface area (Å²) in [7, 11) is 0. The molecule has 160 valence electrons. The summed E-state index contributed by atoms with van der Waals surface area (Å²) in [6.45, 7) is 4.30. The zero-order valence-corrected chi connectivity index (χ0v) is 17.0. The molecule has 7 heteroatoms. The van der Waals surface area contributed by atoms with Gasteiger partial charge in [0.05, 0.1) is 16.8 Å². The van der Waals surface area contributed by atoms with Crippen molar-refractivity contribution < 1.29 is 18.0 Å². The third-order valence-electron chi connectivity index (χ3n) is 4.54. The van der Waals surface area contributed by atoms with E-state index < -0.39 is 17.6 Å². The van der Waals surface area contributed by atoms with Crippen LogP contribution in [0.15, 0.2) is 65.9 Å². The quantitative estimate of drug-likeness (QED) is 0.290. The fourth-order valence-electron chi connectivity index (χ4n) is 3.07. The molecule has 0 atom stereocenters. The molecule has 4 nitrogen and oxygen atoms in total. The lowest BCUT2D eigenvalue weighted by Crippen LogP contribution is -2.27. The molecule has 0 unspecified atom stereocenters. The molecule has 0 aliphatic carbocycles. The molecule has 0 saturated carbocycles. The molecule has 2 rings (SSSR count). The number of anilines is 1. The molecule has 2 aromatic rings. The van der Waals surface area contributed by atoms with Gasteiger partial charge in [-0.2, -0.15) is 13.2 Å². The molecule has 0 aliphatic heterocycles. The van der Waals surface area contributed by atoms with E-state index in [2.05, 4.69) is 10.6 Å². The second kappa shape index (κ2) is 10.6. The summed E-state index contributed by atoms with van der Waals surface area (Å²) in [6.07, 6.45) is -2.05. The van der Waals surface area contributed by atoms with Crippen LogP contribution in [0, 0.1) is 11.3 Å². The van der Waals surface area contributed by atoms with Gasteiger partial charge in [-0.25, -0.2) is 0 Å². The van der Waals surface area contributed by atoms with Gasteiger partial charge in [-0.15, -0.1) is 0 Å². The normalized spacial score (nSPS) is 12.3. The molecule has 3 N–H and O–H groups in total. The van der Waals surface area contributed by atoms with E-state index in [1.165, 1.54) is 23.8 Å². The van der Waals surface area contributed by atoms with E-state index in [9.17, 15) is 18.0 Å². The van der Waals surface area contributed by atoms with Crippen molar-refractivity contribution in [2.45, 2.75) is 32.9 Å². The molecule has 0 spiro atoms. The maximum absolute atomic E-state index is 13.2. The average molecular weight is 417 g/mol. The highest BCUT2D eigenvalue weighted by Gasteiger charge is 2.33. The van der Waals surface area contributed by atoms with E-state index in [-0.39, 0.29) is 17.2 Å². The van der Waals surface area contributed by atoms with Gasteiger partial charge in [-0.3, -0.25) is 4.79 Å². The number of para-hydroxylation sites is 1. The van der Waals surface area contributed by atoms with Crippen molar-refractivity contribution in [3.63, 3.8) is 0 Å². The summed E-state index contributed by atoms with van der Waals surface area (Å²) in [4.78, 5) is 12.7. The van der Waals surface area contributed by atoms with Crippen molar-refractivity contribution >= 4 is 17.8 Å². The average Bonchev–Trinajstić information content (AvgIpc) is 2.70. The minimum atomic E-state index is -4.59. The Morgan fingerprint density at radius 3 is 2.30 bits per heavy atom. The van der Waals surface area contributed by atoms with Crippen molar-refractivity contribution in [2.75, 3.05) is 11.9 Å². The van der Waals surface area contributed by atoms with E-state index in [1.807, 2.05) is 44.2 Å². The summed E-state index contributed by atoms with van der Waals surface area (Å²) in [5.41, 5.74) is 0.482. The fraction of sp³-hybridized carbons (Fsp3) is 0.304. The SMILES string of the molecule is CC(C)/C(NCCCc1ccccc1)=C(/C=N)C(=O)Nc1ccccc1C(F)(F)F. The number of rotatable bonds is 9. The summed E-state index contributed by atoms with van der Waals surface area (Å²) in [6, 6.07) is 14.8. The Kier molecular flexibility index (Phi) is 8.21. The smallest absolute Gasteiger partial charge is 0.387 e. The Morgan fingerprint density at radius 1 is 1.07 bits per heavy atom. The van der Waals surface area contributed by atoms with Crippen LogP contribution in [0.5, 0.6) is 0 Å². The lowest BCUT2D eigenvalue weighted by Gasteiger charge is -2.19. The van der Waals surface area contributed by atoms with E-state index in [4.69, 9.17) is 5.41 Å². The zero-order valence-electron chi connectivity index (χ0n) is 17.0. The summed E-state index contributed by atoms with van der Waals surface area (Å²) in [5.74, 6) is -0.858. The van der Waals surface area contributed by atoms with Gasteiger partial charge in [0.1, 0.15) is 0 Å². The number of carbonyl (C=O) groups excluding carboxylic acids is 1. The van der Waals surface area contributed by atoms with E-state index >= 15 is 0 Å². The Bertz CT molecular complexity index is 890. The third-order valence-corrected chi connectivity index (χ3v) is 4.54. The largest absolute Gasteiger partial charge is 0.418 e. The van der Waals surface area contributed by atoms with Gasteiger partial charge in [0.25, 0.3) is 5.91 Å². The topological polar surface area (TPSA) is 65.0 Å². The number of allylic oxidation sites excluding steroid dienone is 1. The van der Waals surface area contributed by atoms with Gasteiger partial charge >= 0.3 is 6.18 Å². The van der Waals surface area contributed by atoms with Crippen LogP contribution < -0.4 is 10.6 Å². The number of benzene rings is 2. The number of nitrogens with one attached hydrogen (secondary N) is 3. The Labute approximate surface area is 174 Å². The maximum atomic E-state index is 13.2. The first-order chi connectivity index (χ1) is 14.2. The first kappa shape index (κ1) is 23.2. The highest BCUT2D eigenvalue weighted by Crippen LogP contribution is 2.34. The van der Waals surface area contributed by atoms with Crippen LogP contribution in [0.3, 0.4) is 0 Å². The zero-order chi connectivity index (χ0) is 22.1. The number of hydrogen-bond donors (Lipinski definition) is 3. The Hall–Kier alpha value is -3.09. The molecule has 0 radical (unpaired) electrons. The minimum absolute atomic E-state index is 0.0155. The second-order valence-electron chi connectivity index (χ2n) is 7.14. The van der Waals surface area contributed by atoms with Crippen LogP contribution in [0.2, 0.25) is 0 Å². The monoisotopic (exact) mass is 417 g/mol. The summed E-state index contributed by atoms with van der Waals surface area (Å²) in [5, 5.41) is 13.2. The second-order valence-corrected chi connectivity index (χ2v) is 7.14. The first-order valence-electron chi connectivity index (χ1n) is 9.74. The van der Waals surface area contributed by atoms with Crippen molar-refractivity contribution in [2.24, 2.45) is 5.92 Å². The number of hydrogen-bond acceptors (Lipinski definition) is 3. The maximum Gasteiger partial charge on any atom is 0.418 e. The van der Waals surface area contributed by atoms with Crippen LogP contribution in [0.4, 0.5) is 18.9 Å². The van der Waals surface area contributed by atoms with Crippen molar-refractivity contribution in [1.29, 1.82) is 5.41 Å². The highest BCUT2D eigenvalue weighted by atomic mass is 19.4. The van der Waals surface area contributed by atoms with Crippen molar-refractivity contribution in [1.82, 2.24) is 5.32 Å². The number of aryl methyl sites for hydroxylation is 1. The van der Waals surface area contributed by atoms with E-state index in [0.29, 0.717) is 12.2 Å². The number of halogens is 3. The molecule has 2 aromatic carbocycles. The lowest BCUT2D eigenvalue weighted by atomic mass is 10.0. The number of carbonyl (C=O) groups is 1. The highest BCUT2D eigenvalue weighted by molar-refractivity contribution is 6.17. The molecular weight excluding hydrogens is 391 g/mol.